The lowest BCUT2D eigenvalue weighted by Crippen LogP contribution is -2.34. The molecule has 0 aliphatic rings. The summed E-state index contributed by atoms with van der Waals surface area (Å²) in [4.78, 5) is 11.4. The van der Waals surface area contributed by atoms with Crippen LogP contribution in [-0.4, -0.2) is 20.2 Å². The van der Waals surface area contributed by atoms with E-state index in [0.29, 0.717) is 0 Å². The minimum atomic E-state index is -3.94. The van der Waals surface area contributed by atoms with Crippen LogP contribution in [0.25, 0.3) is 0 Å². The summed E-state index contributed by atoms with van der Waals surface area (Å²) in [6.45, 7) is 1.35. The number of anilines is 1. The summed E-state index contributed by atoms with van der Waals surface area (Å²) in [5.74, 6) is 0. The van der Waals surface area contributed by atoms with Crippen molar-refractivity contribution in [2.45, 2.75) is 11.8 Å². The van der Waals surface area contributed by atoms with E-state index in [-0.39, 0.29) is 15.6 Å². The molecule has 116 valence electrons. The highest BCUT2D eigenvalue weighted by atomic mass is 35.5. The van der Waals surface area contributed by atoms with Crippen LogP contribution in [0.5, 0.6) is 0 Å². The number of hydrogen-bond donors (Lipinski definition) is 0. The molecule has 0 bridgehead atoms. The third-order valence-corrected chi connectivity index (χ3v) is 5.21. The minimum Gasteiger partial charge on any atom is -0.279 e. The first kappa shape index (κ1) is 16.8. The number of sulfonamides is 1. The summed E-state index contributed by atoms with van der Waals surface area (Å²) >= 11 is 11.5. The van der Waals surface area contributed by atoms with Crippen molar-refractivity contribution >= 4 is 44.2 Å². The third kappa shape index (κ3) is 3.61. The van der Waals surface area contributed by atoms with Crippen LogP contribution in [0, 0.1) is 6.92 Å². The summed E-state index contributed by atoms with van der Waals surface area (Å²) in [6.07, 6.45) is 0. The van der Waals surface area contributed by atoms with Crippen LogP contribution in [0.4, 0.5) is 5.69 Å². The number of benzene rings is 2. The lowest BCUT2D eigenvalue weighted by atomic mass is 10.2. The highest BCUT2D eigenvalue weighted by molar-refractivity contribution is 7.92. The molecule has 2 rings (SSSR count). The molecule has 0 unspecified atom stereocenters. The van der Waals surface area contributed by atoms with Crippen LogP contribution >= 0.6 is 23.2 Å². The van der Waals surface area contributed by atoms with Crippen molar-refractivity contribution in [3.8, 4) is 0 Å². The summed E-state index contributed by atoms with van der Waals surface area (Å²) in [7, 11) is -3.94. The number of halogens is 2. The summed E-state index contributed by atoms with van der Waals surface area (Å²) < 4.78 is 26.5. The molecular weight excluding hydrogens is 345 g/mol. The molecule has 0 aliphatic carbocycles. The van der Waals surface area contributed by atoms with Crippen molar-refractivity contribution in [3.63, 3.8) is 0 Å². The van der Waals surface area contributed by atoms with E-state index < -0.39 is 21.8 Å². The summed E-state index contributed by atoms with van der Waals surface area (Å²) in [5, 5.41) is -0.577. The number of hydrogen-bond acceptors (Lipinski definition) is 3. The average molecular weight is 358 g/mol. The second-order valence-corrected chi connectivity index (χ2v) is 7.32. The molecule has 0 atom stereocenters. The Balaban J connectivity index is 2.56. The molecule has 0 saturated carbocycles. The first-order valence-electron chi connectivity index (χ1n) is 6.34. The van der Waals surface area contributed by atoms with E-state index in [4.69, 9.17) is 23.2 Å². The Morgan fingerprint density at radius 3 is 2.23 bits per heavy atom. The molecule has 22 heavy (non-hydrogen) atoms. The minimum absolute atomic E-state index is 0.0657. The van der Waals surface area contributed by atoms with E-state index >= 15 is 0 Å². The molecule has 0 saturated heterocycles. The topological polar surface area (TPSA) is 54.5 Å². The Kier molecular flexibility index (Phi) is 5.11. The van der Waals surface area contributed by atoms with Gasteiger partial charge in [0.1, 0.15) is 6.54 Å². The SMILES string of the molecule is Cc1ccc(S(=O)(=O)N(CC(=O)Cl)c2ccccc2Cl)cc1. The van der Waals surface area contributed by atoms with Crippen LogP contribution in [0.2, 0.25) is 5.02 Å². The molecule has 0 spiro atoms. The fraction of sp³-hybridized carbons (Fsp3) is 0.133. The predicted octanol–water partition coefficient (Wildman–Crippen LogP) is 3.61. The molecule has 0 radical (unpaired) electrons. The molecule has 0 N–H and O–H groups in total. The van der Waals surface area contributed by atoms with E-state index in [1.54, 1.807) is 30.3 Å². The molecule has 2 aromatic carbocycles. The van der Waals surface area contributed by atoms with Gasteiger partial charge in [-0.2, -0.15) is 0 Å². The second kappa shape index (κ2) is 6.69. The van der Waals surface area contributed by atoms with Gasteiger partial charge in [-0.25, -0.2) is 8.42 Å². The van der Waals surface area contributed by atoms with Crippen LogP contribution < -0.4 is 4.31 Å². The van der Waals surface area contributed by atoms with Gasteiger partial charge in [-0.1, -0.05) is 41.4 Å². The second-order valence-electron chi connectivity index (χ2n) is 4.63. The van der Waals surface area contributed by atoms with Crippen molar-refractivity contribution in [3.05, 3.63) is 59.1 Å². The zero-order valence-corrected chi connectivity index (χ0v) is 14.0. The fourth-order valence-corrected chi connectivity index (χ4v) is 3.82. The maximum absolute atomic E-state index is 12.8. The molecule has 0 aromatic heterocycles. The molecule has 4 nitrogen and oxygen atoms in total. The monoisotopic (exact) mass is 357 g/mol. The quantitative estimate of drug-likeness (QED) is 0.768. The van der Waals surface area contributed by atoms with E-state index in [0.717, 1.165) is 9.87 Å². The van der Waals surface area contributed by atoms with Gasteiger partial charge in [0.2, 0.25) is 5.24 Å². The number of rotatable bonds is 5. The number of carbonyl (C=O) groups excluding carboxylic acids is 1. The molecular formula is C15H13Cl2NO3S. The molecule has 2 aromatic rings. The van der Waals surface area contributed by atoms with Crippen molar-refractivity contribution < 1.29 is 13.2 Å². The molecule has 0 heterocycles. The number of aryl methyl sites for hydroxylation is 1. The van der Waals surface area contributed by atoms with Gasteiger partial charge in [-0.15, -0.1) is 0 Å². The molecule has 0 amide bonds. The third-order valence-electron chi connectivity index (χ3n) is 3.00. The van der Waals surface area contributed by atoms with E-state index in [2.05, 4.69) is 0 Å². The van der Waals surface area contributed by atoms with Gasteiger partial charge in [0.15, 0.2) is 0 Å². The smallest absolute Gasteiger partial charge is 0.264 e. The molecule has 7 heteroatoms. The van der Waals surface area contributed by atoms with E-state index in [1.807, 2.05) is 6.92 Å². The highest BCUT2D eigenvalue weighted by Crippen LogP contribution is 2.30. The Bertz CT molecular complexity index is 789. The zero-order chi connectivity index (χ0) is 16.3. The zero-order valence-electron chi connectivity index (χ0n) is 11.7. The van der Waals surface area contributed by atoms with Gasteiger partial charge in [0, 0.05) is 0 Å². The highest BCUT2D eigenvalue weighted by Gasteiger charge is 2.27. The van der Waals surface area contributed by atoms with Crippen LogP contribution in [-0.2, 0) is 14.8 Å². The maximum Gasteiger partial charge on any atom is 0.264 e. The average Bonchev–Trinajstić information content (AvgIpc) is 2.46. The first-order valence-corrected chi connectivity index (χ1v) is 8.54. The normalized spacial score (nSPS) is 11.2. The Morgan fingerprint density at radius 1 is 1.09 bits per heavy atom. The van der Waals surface area contributed by atoms with E-state index in [1.165, 1.54) is 18.2 Å². The van der Waals surface area contributed by atoms with Crippen LogP contribution in [0.1, 0.15) is 5.56 Å². The number of nitrogens with zero attached hydrogens (tertiary/aromatic N) is 1. The van der Waals surface area contributed by atoms with Crippen LogP contribution in [0.15, 0.2) is 53.4 Å². The van der Waals surface area contributed by atoms with Crippen molar-refractivity contribution in [1.29, 1.82) is 0 Å². The van der Waals surface area contributed by atoms with Gasteiger partial charge >= 0.3 is 0 Å². The largest absolute Gasteiger partial charge is 0.279 e. The molecule has 0 aliphatic heterocycles. The Hall–Kier alpha value is -1.56. The van der Waals surface area contributed by atoms with Crippen molar-refractivity contribution in [2.75, 3.05) is 10.8 Å². The first-order chi connectivity index (χ1) is 10.3. The van der Waals surface area contributed by atoms with Gasteiger partial charge in [-0.05, 0) is 42.8 Å². The fourth-order valence-electron chi connectivity index (χ4n) is 1.90. The van der Waals surface area contributed by atoms with Crippen LogP contribution in [0.3, 0.4) is 0 Å². The van der Waals surface area contributed by atoms with Gasteiger partial charge in [-0.3, -0.25) is 9.10 Å². The Labute approximate surface area is 139 Å². The van der Waals surface area contributed by atoms with Gasteiger partial charge < -0.3 is 0 Å². The standard InChI is InChI=1S/C15H13Cl2NO3S/c1-11-6-8-12(9-7-11)22(20,21)18(10-15(17)19)14-5-3-2-4-13(14)16/h2-9H,10H2,1H3. The Morgan fingerprint density at radius 2 is 1.68 bits per heavy atom. The maximum atomic E-state index is 12.8. The van der Waals surface area contributed by atoms with Gasteiger partial charge in [0.25, 0.3) is 10.0 Å². The van der Waals surface area contributed by atoms with Crippen molar-refractivity contribution in [2.24, 2.45) is 0 Å². The summed E-state index contributed by atoms with van der Waals surface area (Å²) in [5.41, 5.74) is 1.13. The van der Waals surface area contributed by atoms with E-state index in [9.17, 15) is 13.2 Å². The number of carbonyl (C=O) groups is 1. The predicted molar refractivity (Wildman–Crippen MR) is 88.0 cm³/mol. The number of para-hydroxylation sites is 1. The van der Waals surface area contributed by atoms with Crippen molar-refractivity contribution in [1.82, 2.24) is 0 Å². The molecule has 0 fully saturated rings. The lowest BCUT2D eigenvalue weighted by Gasteiger charge is -2.23. The summed E-state index contributed by atoms with van der Waals surface area (Å²) in [6, 6.07) is 12.7. The van der Waals surface area contributed by atoms with Gasteiger partial charge in [0.05, 0.1) is 15.6 Å². The lowest BCUT2D eigenvalue weighted by molar-refractivity contribution is -0.110.